The molecule has 3 aromatic rings. The van der Waals surface area contributed by atoms with Crippen molar-refractivity contribution >= 4 is 15.7 Å². The summed E-state index contributed by atoms with van der Waals surface area (Å²) in [7, 11) is -0.535. The van der Waals surface area contributed by atoms with Crippen molar-refractivity contribution in [1.29, 1.82) is 0 Å². The fourth-order valence-electron chi connectivity index (χ4n) is 2.98. The first kappa shape index (κ1) is 21.8. The molecule has 1 aromatic heterocycles. The van der Waals surface area contributed by atoms with E-state index in [1.807, 2.05) is 6.92 Å². The van der Waals surface area contributed by atoms with E-state index in [0.29, 0.717) is 22.5 Å². The number of anilines is 1. The number of alkyl halides is 3. The average molecular weight is 438 g/mol. The third kappa shape index (κ3) is 4.65. The van der Waals surface area contributed by atoms with Gasteiger partial charge in [-0.05, 0) is 49.9 Å². The van der Waals surface area contributed by atoms with Gasteiger partial charge in [0.2, 0.25) is 10.0 Å². The van der Waals surface area contributed by atoms with Crippen molar-refractivity contribution in [2.75, 3.05) is 12.4 Å². The Kier molecular flexibility index (Phi) is 5.91. The number of benzene rings is 2. The Bertz CT molecular complexity index is 1140. The maximum atomic E-state index is 12.8. The molecule has 0 unspecified atom stereocenters. The molecule has 0 radical (unpaired) electrons. The molecule has 2 N–H and O–H groups in total. The number of aryl methyl sites for hydroxylation is 1. The zero-order valence-corrected chi connectivity index (χ0v) is 17.3. The van der Waals surface area contributed by atoms with Crippen molar-refractivity contribution in [1.82, 2.24) is 14.3 Å². The van der Waals surface area contributed by atoms with Crippen molar-refractivity contribution in [3.63, 3.8) is 0 Å². The first-order chi connectivity index (χ1) is 14.0. The van der Waals surface area contributed by atoms with Crippen molar-refractivity contribution in [2.45, 2.75) is 24.0 Å². The lowest BCUT2D eigenvalue weighted by atomic mass is 10.0. The van der Waals surface area contributed by atoms with Gasteiger partial charge in [-0.25, -0.2) is 18.1 Å². The number of nitrogens with one attached hydrogen (secondary N) is 2. The quantitative estimate of drug-likeness (QED) is 0.605. The van der Waals surface area contributed by atoms with Crippen LogP contribution in [0.25, 0.3) is 11.3 Å². The lowest BCUT2D eigenvalue weighted by Gasteiger charge is -2.19. The number of hydrogen-bond acceptors (Lipinski definition) is 4. The first-order valence-corrected chi connectivity index (χ1v) is 10.5. The highest BCUT2D eigenvalue weighted by Gasteiger charge is 2.30. The third-order valence-electron chi connectivity index (χ3n) is 4.66. The molecule has 0 bridgehead atoms. The zero-order chi connectivity index (χ0) is 22.1. The summed E-state index contributed by atoms with van der Waals surface area (Å²) >= 11 is 0. The van der Waals surface area contributed by atoms with E-state index < -0.39 is 21.8 Å². The second kappa shape index (κ2) is 8.11. The number of hydrogen-bond donors (Lipinski definition) is 2. The van der Waals surface area contributed by atoms with E-state index in [9.17, 15) is 21.6 Å². The lowest BCUT2D eigenvalue weighted by molar-refractivity contribution is -0.137. The van der Waals surface area contributed by atoms with Crippen LogP contribution in [0.4, 0.5) is 18.9 Å². The molecule has 0 spiro atoms. The van der Waals surface area contributed by atoms with E-state index in [-0.39, 0.29) is 10.9 Å². The summed E-state index contributed by atoms with van der Waals surface area (Å²) in [4.78, 5) is 4.38. The van der Waals surface area contributed by atoms with E-state index in [0.717, 1.165) is 12.1 Å². The average Bonchev–Trinajstić information content (AvgIpc) is 3.13. The molecule has 10 heteroatoms. The molecule has 0 fully saturated rings. The van der Waals surface area contributed by atoms with Gasteiger partial charge in [-0.1, -0.05) is 12.1 Å². The summed E-state index contributed by atoms with van der Waals surface area (Å²) in [5, 5.41) is 3.24. The van der Waals surface area contributed by atoms with E-state index in [2.05, 4.69) is 15.0 Å². The fourth-order valence-corrected chi connectivity index (χ4v) is 3.73. The molecular formula is C20H21F3N4O2S. The van der Waals surface area contributed by atoms with Crippen molar-refractivity contribution < 1.29 is 21.6 Å². The highest BCUT2D eigenvalue weighted by Crippen LogP contribution is 2.33. The molecule has 30 heavy (non-hydrogen) atoms. The maximum absolute atomic E-state index is 12.8. The van der Waals surface area contributed by atoms with Gasteiger partial charge in [0.25, 0.3) is 0 Å². The number of rotatable bonds is 6. The van der Waals surface area contributed by atoms with Gasteiger partial charge in [0, 0.05) is 30.5 Å². The van der Waals surface area contributed by atoms with Gasteiger partial charge >= 0.3 is 6.18 Å². The third-order valence-corrected chi connectivity index (χ3v) is 6.07. The largest absolute Gasteiger partial charge is 0.416 e. The molecule has 0 saturated heterocycles. The van der Waals surface area contributed by atoms with Crippen LogP contribution in [-0.4, -0.2) is 25.0 Å². The summed E-state index contributed by atoms with van der Waals surface area (Å²) in [6.07, 6.45) is -1.05. The minimum absolute atomic E-state index is 0.0818. The Morgan fingerprint density at radius 2 is 1.77 bits per heavy atom. The van der Waals surface area contributed by atoms with Crippen LogP contribution in [0.3, 0.4) is 0 Å². The number of halogens is 3. The Morgan fingerprint density at radius 1 is 1.10 bits per heavy atom. The Morgan fingerprint density at radius 3 is 2.30 bits per heavy atom. The molecule has 6 nitrogen and oxygen atoms in total. The van der Waals surface area contributed by atoms with Gasteiger partial charge in [0.15, 0.2) is 0 Å². The number of imidazole rings is 1. The lowest BCUT2D eigenvalue weighted by Crippen LogP contribution is -2.18. The van der Waals surface area contributed by atoms with Crippen molar-refractivity contribution in [3.05, 3.63) is 66.1 Å². The summed E-state index contributed by atoms with van der Waals surface area (Å²) in [6, 6.07) is 9.17. The van der Waals surface area contributed by atoms with E-state index >= 15 is 0 Å². The predicted octanol–water partition coefficient (Wildman–Crippen LogP) is 4.19. The van der Waals surface area contributed by atoms with Crippen LogP contribution in [0.2, 0.25) is 0 Å². The van der Waals surface area contributed by atoms with Gasteiger partial charge in [-0.3, -0.25) is 0 Å². The van der Waals surface area contributed by atoms with Gasteiger partial charge in [0.1, 0.15) is 0 Å². The molecule has 0 saturated carbocycles. The topological polar surface area (TPSA) is 76.0 Å². The van der Waals surface area contributed by atoms with Gasteiger partial charge in [-0.15, -0.1) is 0 Å². The summed E-state index contributed by atoms with van der Waals surface area (Å²) < 4.78 is 66.8. The highest BCUT2D eigenvalue weighted by molar-refractivity contribution is 7.89. The molecule has 0 aliphatic rings. The monoisotopic (exact) mass is 438 g/mol. The van der Waals surface area contributed by atoms with Crippen LogP contribution < -0.4 is 10.0 Å². The van der Waals surface area contributed by atoms with E-state index in [4.69, 9.17) is 0 Å². The van der Waals surface area contributed by atoms with Crippen LogP contribution in [0.5, 0.6) is 0 Å². The summed E-state index contributed by atoms with van der Waals surface area (Å²) in [6.45, 7) is 1.81. The Balaban J connectivity index is 1.96. The maximum Gasteiger partial charge on any atom is 0.416 e. The number of sulfonamides is 1. The molecule has 1 heterocycles. The second-order valence-electron chi connectivity index (χ2n) is 6.83. The van der Waals surface area contributed by atoms with Crippen molar-refractivity contribution in [3.8, 4) is 11.3 Å². The fraction of sp³-hybridized carbons (Fsp3) is 0.250. The molecule has 0 amide bonds. The van der Waals surface area contributed by atoms with Crippen molar-refractivity contribution in [2.24, 2.45) is 7.05 Å². The molecule has 0 aliphatic heterocycles. The Hall–Kier alpha value is -2.85. The normalized spacial score (nSPS) is 13.3. The minimum Gasteiger partial charge on any atom is -0.378 e. The van der Waals surface area contributed by atoms with Gasteiger partial charge in [-0.2, -0.15) is 13.2 Å². The number of aromatic nitrogens is 2. The van der Waals surface area contributed by atoms with Crippen LogP contribution >= 0.6 is 0 Å². The standard InChI is InChI=1S/C20H21F3N4O2S/c1-13(14-4-6-15(7-5-14)20(21,22)23)26-18-9-8-16(30(28,29)24-2)10-17(18)19-11-27(3)12-25-19/h4-13,24,26H,1-3H3/t13-/m1/s1. The van der Waals surface area contributed by atoms with Gasteiger partial charge < -0.3 is 9.88 Å². The van der Waals surface area contributed by atoms with Gasteiger partial charge in [0.05, 0.1) is 22.5 Å². The first-order valence-electron chi connectivity index (χ1n) is 9.01. The molecule has 1 atom stereocenters. The van der Waals surface area contributed by atoms with Crippen LogP contribution in [0, 0.1) is 0 Å². The number of nitrogens with zero attached hydrogens (tertiary/aromatic N) is 2. The van der Waals surface area contributed by atoms with E-state index in [1.165, 1.54) is 31.3 Å². The second-order valence-corrected chi connectivity index (χ2v) is 8.71. The molecule has 3 rings (SSSR count). The highest BCUT2D eigenvalue weighted by atomic mass is 32.2. The van der Waals surface area contributed by atoms with Crippen LogP contribution in [0.1, 0.15) is 24.1 Å². The smallest absolute Gasteiger partial charge is 0.378 e. The summed E-state index contributed by atoms with van der Waals surface area (Å²) in [5.41, 5.74) is 1.67. The molecule has 160 valence electrons. The molecule has 2 aromatic carbocycles. The van der Waals surface area contributed by atoms with Crippen LogP contribution in [0.15, 0.2) is 59.9 Å². The van der Waals surface area contributed by atoms with Crippen LogP contribution in [-0.2, 0) is 23.2 Å². The molecule has 0 aliphatic carbocycles. The SMILES string of the molecule is CNS(=O)(=O)c1ccc(N[C@H](C)c2ccc(C(F)(F)F)cc2)c(-c2cn(C)cn2)c1. The minimum atomic E-state index is -4.39. The predicted molar refractivity (Wildman–Crippen MR) is 108 cm³/mol. The molecular weight excluding hydrogens is 417 g/mol. The summed E-state index contributed by atoms with van der Waals surface area (Å²) in [5.74, 6) is 0. The van der Waals surface area contributed by atoms with E-state index in [1.54, 1.807) is 30.2 Å². The Labute approximate surface area is 172 Å². The zero-order valence-electron chi connectivity index (χ0n) is 16.5.